The molecule has 0 bridgehead atoms. The molecule has 5 N–H and O–H groups in total. The molecular formula is C13H19ClFN3. The van der Waals surface area contributed by atoms with Gasteiger partial charge in [-0.2, -0.15) is 0 Å². The number of nitrogens with one attached hydrogen (secondary N) is 1. The molecule has 0 amide bonds. The molecule has 1 fully saturated rings. The van der Waals surface area contributed by atoms with Crippen molar-refractivity contribution in [2.75, 3.05) is 23.3 Å². The van der Waals surface area contributed by atoms with E-state index in [2.05, 4.69) is 12.2 Å². The SMILES string of the molecule is CC1CCCC1CNc1c(N)cc(N)c(Cl)c1F. The third-order valence-corrected chi connectivity index (χ3v) is 4.23. The molecule has 5 heteroatoms. The van der Waals surface area contributed by atoms with Gasteiger partial charge in [-0.25, -0.2) is 4.39 Å². The van der Waals surface area contributed by atoms with Gasteiger partial charge in [0.05, 0.1) is 17.1 Å². The van der Waals surface area contributed by atoms with Crippen LogP contribution in [-0.4, -0.2) is 6.54 Å². The van der Waals surface area contributed by atoms with Crippen molar-refractivity contribution in [3.05, 3.63) is 16.9 Å². The summed E-state index contributed by atoms with van der Waals surface area (Å²) in [6.07, 6.45) is 3.67. The Balaban J connectivity index is 2.12. The van der Waals surface area contributed by atoms with Crippen molar-refractivity contribution >= 4 is 28.7 Å². The van der Waals surface area contributed by atoms with E-state index in [1.165, 1.54) is 25.3 Å². The second-order valence-electron chi connectivity index (χ2n) is 5.11. The van der Waals surface area contributed by atoms with E-state index in [-0.39, 0.29) is 16.4 Å². The highest BCUT2D eigenvalue weighted by molar-refractivity contribution is 6.33. The molecule has 0 aliphatic heterocycles. The maximum Gasteiger partial charge on any atom is 0.169 e. The lowest BCUT2D eigenvalue weighted by atomic mass is 9.98. The van der Waals surface area contributed by atoms with E-state index >= 15 is 0 Å². The quantitative estimate of drug-likeness (QED) is 0.738. The number of halogens is 2. The van der Waals surface area contributed by atoms with Crippen molar-refractivity contribution in [1.29, 1.82) is 0 Å². The first-order valence-corrected chi connectivity index (χ1v) is 6.65. The Morgan fingerprint density at radius 3 is 2.72 bits per heavy atom. The second kappa shape index (κ2) is 5.22. The third kappa shape index (κ3) is 2.48. The molecule has 0 heterocycles. The molecule has 18 heavy (non-hydrogen) atoms. The molecule has 1 aromatic rings. The Hall–Kier alpha value is -1.16. The Morgan fingerprint density at radius 2 is 2.11 bits per heavy atom. The summed E-state index contributed by atoms with van der Waals surface area (Å²) in [7, 11) is 0. The van der Waals surface area contributed by atoms with Crippen molar-refractivity contribution < 1.29 is 4.39 Å². The highest BCUT2D eigenvalue weighted by Gasteiger charge is 2.24. The molecule has 1 saturated carbocycles. The van der Waals surface area contributed by atoms with Gasteiger partial charge in [0.15, 0.2) is 5.82 Å². The first-order valence-electron chi connectivity index (χ1n) is 6.27. The van der Waals surface area contributed by atoms with E-state index in [0.29, 0.717) is 17.5 Å². The van der Waals surface area contributed by atoms with E-state index in [1.54, 1.807) is 0 Å². The molecule has 1 aromatic carbocycles. The lowest BCUT2D eigenvalue weighted by molar-refractivity contribution is 0.439. The van der Waals surface area contributed by atoms with E-state index in [1.807, 2.05) is 0 Å². The van der Waals surface area contributed by atoms with Gasteiger partial charge in [-0.3, -0.25) is 0 Å². The van der Waals surface area contributed by atoms with Crippen LogP contribution < -0.4 is 16.8 Å². The molecule has 1 aliphatic rings. The van der Waals surface area contributed by atoms with Gasteiger partial charge in [0.1, 0.15) is 5.02 Å². The first-order chi connectivity index (χ1) is 8.50. The normalized spacial score (nSPS) is 23.3. The van der Waals surface area contributed by atoms with Crippen LogP contribution in [0, 0.1) is 17.7 Å². The van der Waals surface area contributed by atoms with Gasteiger partial charge in [0.2, 0.25) is 0 Å². The monoisotopic (exact) mass is 271 g/mol. The predicted octanol–water partition coefficient (Wildman–Crippen LogP) is 3.49. The van der Waals surface area contributed by atoms with Crippen LogP contribution in [0.3, 0.4) is 0 Å². The molecule has 0 radical (unpaired) electrons. The fourth-order valence-corrected chi connectivity index (χ4v) is 2.75. The van der Waals surface area contributed by atoms with E-state index in [4.69, 9.17) is 23.1 Å². The van der Waals surface area contributed by atoms with Crippen molar-refractivity contribution in [1.82, 2.24) is 0 Å². The van der Waals surface area contributed by atoms with E-state index < -0.39 is 5.82 Å². The fourth-order valence-electron chi connectivity index (χ4n) is 2.60. The minimum Gasteiger partial charge on any atom is -0.397 e. The maximum atomic E-state index is 13.9. The Labute approximate surface area is 112 Å². The predicted molar refractivity (Wildman–Crippen MR) is 75.2 cm³/mol. The van der Waals surface area contributed by atoms with Crippen LogP contribution in [0.5, 0.6) is 0 Å². The summed E-state index contributed by atoms with van der Waals surface area (Å²) >= 11 is 5.78. The van der Waals surface area contributed by atoms with E-state index in [9.17, 15) is 4.39 Å². The van der Waals surface area contributed by atoms with Crippen LogP contribution in [0.2, 0.25) is 5.02 Å². The molecular weight excluding hydrogens is 253 g/mol. The van der Waals surface area contributed by atoms with Crippen molar-refractivity contribution in [2.45, 2.75) is 26.2 Å². The van der Waals surface area contributed by atoms with Crippen LogP contribution in [0.25, 0.3) is 0 Å². The van der Waals surface area contributed by atoms with Crippen LogP contribution in [0.15, 0.2) is 6.07 Å². The topological polar surface area (TPSA) is 64.1 Å². The summed E-state index contributed by atoms with van der Waals surface area (Å²) in [6, 6.07) is 1.49. The largest absolute Gasteiger partial charge is 0.397 e. The molecule has 3 nitrogen and oxygen atoms in total. The summed E-state index contributed by atoms with van der Waals surface area (Å²) in [5.41, 5.74) is 12.1. The molecule has 2 atom stereocenters. The summed E-state index contributed by atoms with van der Waals surface area (Å²) in [4.78, 5) is 0. The summed E-state index contributed by atoms with van der Waals surface area (Å²) in [5, 5.41) is 3.02. The van der Waals surface area contributed by atoms with Crippen LogP contribution in [0.4, 0.5) is 21.5 Å². The zero-order valence-electron chi connectivity index (χ0n) is 10.5. The van der Waals surface area contributed by atoms with Gasteiger partial charge in [0, 0.05) is 6.54 Å². The molecule has 2 rings (SSSR count). The number of hydrogen-bond acceptors (Lipinski definition) is 3. The standard InChI is InChI=1S/C13H19ClFN3/c1-7-3-2-4-8(7)6-18-13-10(17)5-9(16)11(14)12(13)15/h5,7-8,18H,2-4,6,16-17H2,1H3. The van der Waals surface area contributed by atoms with Crippen molar-refractivity contribution in [2.24, 2.45) is 11.8 Å². The lowest BCUT2D eigenvalue weighted by Gasteiger charge is -2.19. The number of nitrogen functional groups attached to an aromatic ring is 2. The number of anilines is 3. The average molecular weight is 272 g/mol. The number of rotatable bonds is 3. The van der Waals surface area contributed by atoms with Crippen LogP contribution in [-0.2, 0) is 0 Å². The molecule has 2 unspecified atom stereocenters. The minimum atomic E-state index is -0.556. The maximum absolute atomic E-state index is 13.9. The Kier molecular flexibility index (Phi) is 3.85. The molecule has 100 valence electrons. The average Bonchev–Trinajstić information content (AvgIpc) is 2.72. The summed E-state index contributed by atoms with van der Waals surface area (Å²) in [5.74, 6) is 0.686. The number of nitrogens with two attached hydrogens (primary N) is 2. The van der Waals surface area contributed by atoms with Crippen molar-refractivity contribution in [3.8, 4) is 0 Å². The van der Waals surface area contributed by atoms with Gasteiger partial charge in [-0.15, -0.1) is 0 Å². The zero-order chi connectivity index (χ0) is 13.3. The van der Waals surface area contributed by atoms with Gasteiger partial charge < -0.3 is 16.8 Å². The van der Waals surface area contributed by atoms with Crippen LogP contribution in [0.1, 0.15) is 26.2 Å². The molecule has 0 spiro atoms. The van der Waals surface area contributed by atoms with Crippen molar-refractivity contribution in [3.63, 3.8) is 0 Å². The number of benzene rings is 1. The zero-order valence-corrected chi connectivity index (χ0v) is 11.2. The first kappa shape index (κ1) is 13.3. The minimum absolute atomic E-state index is 0.0637. The lowest BCUT2D eigenvalue weighted by Crippen LogP contribution is -2.18. The second-order valence-corrected chi connectivity index (χ2v) is 5.49. The summed E-state index contributed by atoms with van der Waals surface area (Å²) < 4.78 is 13.9. The van der Waals surface area contributed by atoms with Gasteiger partial charge in [-0.1, -0.05) is 31.4 Å². The Morgan fingerprint density at radius 1 is 1.39 bits per heavy atom. The molecule has 0 saturated heterocycles. The molecule has 1 aliphatic carbocycles. The van der Waals surface area contributed by atoms with Gasteiger partial charge in [0.25, 0.3) is 0 Å². The smallest absolute Gasteiger partial charge is 0.169 e. The van der Waals surface area contributed by atoms with E-state index in [0.717, 1.165) is 6.54 Å². The van der Waals surface area contributed by atoms with Gasteiger partial charge in [-0.05, 0) is 24.3 Å². The molecule has 0 aromatic heterocycles. The summed E-state index contributed by atoms with van der Waals surface area (Å²) in [6.45, 7) is 2.96. The van der Waals surface area contributed by atoms with Crippen LogP contribution >= 0.6 is 11.6 Å². The van der Waals surface area contributed by atoms with Gasteiger partial charge >= 0.3 is 0 Å². The third-order valence-electron chi connectivity index (χ3n) is 3.85. The highest BCUT2D eigenvalue weighted by atomic mass is 35.5. The fraction of sp³-hybridized carbons (Fsp3) is 0.538. The Bertz CT molecular complexity index is 450. The number of hydrogen-bond donors (Lipinski definition) is 3. The highest BCUT2D eigenvalue weighted by Crippen LogP contribution is 2.35.